The van der Waals surface area contributed by atoms with E-state index in [0.29, 0.717) is 40.5 Å². The third-order valence-electron chi connectivity index (χ3n) is 4.05. The normalized spacial score (nSPS) is 15.2. The molecule has 28 heavy (non-hydrogen) atoms. The maximum Gasteiger partial charge on any atom is 0.266 e. The highest BCUT2D eigenvalue weighted by Crippen LogP contribution is 2.32. The molecule has 0 bridgehead atoms. The Morgan fingerprint density at radius 3 is 2.36 bits per heavy atom. The van der Waals surface area contributed by atoms with Gasteiger partial charge in [-0.3, -0.25) is 9.69 Å². The van der Waals surface area contributed by atoms with Gasteiger partial charge >= 0.3 is 0 Å². The molecule has 0 atom stereocenters. The summed E-state index contributed by atoms with van der Waals surface area (Å²) in [5.74, 6) is 2.09. The zero-order valence-electron chi connectivity index (χ0n) is 15.7. The monoisotopic (exact) mass is 415 g/mol. The summed E-state index contributed by atoms with van der Waals surface area (Å²) in [6.07, 6.45) is 1.85. The van der Waals surface area contributed by atoms with E-state index in [2.05, 4.69) is 0 Å². The van der Waals surface area contributed by atoms with Crippen molar-refractivity contribution in [1.82, 2.24) is 4.90 Å². The minimum atomic E-state index is -0.0358. The standard InChI is InChI=1S/C21H21NO4S2/c1-3-22-20(23)19(28-21(22)27)14-15-8-10-16(11-9-15)25-12-13-26-18-7-5-4-6-17(18)24-2/h4-11,14H,3,12-13H2,1-2H3. The van der Waals surface area contributed by atoms with E-state index in [-0.39, 0.29) is 5.91 Å². The first-order valence-corrected chi connectivity index (χ1v) is 10.1. The van der Waals surface area contributed by atoms with E-state index >= 15 is 0 Å². The molecule has 0 unspecified atom stereocenters. The van der Waals surface area contributed by atoms with Crippen LogP contribution in [0.5, 0.6) is 17.2 Å². The molecular formula is C21H21NO4S2. The molecule has 7 heteroatoms. The Morgan fingerprint density at radius 2 is 1.71 bits per heavy atom. The highest BCUT2D eigenvalue weighted by Gasteiger charge is 2.30. The number of thiocarbonyl (C=S) groups is 1. The molecule has 0 spiro atoms. The predicted molar refractivity (Wildman–Crippen MR) is 116 cm³/mol. The van der Waals surface area contributed by atoms with Gasteiger partial charge in [0.1, 0.15) is 23.3 Å². The number of thioether (sulfide) groups is 1. The van der Waals surface area contributed by atoms with Crippen LogP contribution < -0.4 is 14.2 Å². The maximum absolute atomic E-state index is 12.3. The number of para-hydroxylation sites is 2. The Bertz CT molecular complexity index is 880. The maximum atomic E-state index is 12.3. The number of hydrogen-bond donors (Lipinski definition) is 0. The third-order valence-corrected chi connectivity index (χ3v) is 5.42. The number of carbonyl (C=O) groups is 1. The Balaban J connectivity index is 1.52. The largest absolute Gasteiger partial charge is 0.493 e. The average Bonchev–Trinajstić information content (AvgIpc) is 2.99. The lowest BCUT2D eigenvalue weighted by Gasteiger charge is -2.11. The van der Waals surface area contributed by atoms with Gasteiger partial charge in [0.05, 0.1) is 12.0 Å². The molecule has 2 aromatic carbocycles. The molecule has 1 heterocycles. The zero-order chi connectivity index (χ0) is 19.9. The van der Waals surface area contributed by atoms with Crippen molar-refractivity contribution in [2.24, 2.45) is 0 Å². The van der Waals surface area contributed by atoms with E-state index in [1.807, 2.05) is 61.5 Å². The molecule has 1 fully saturated rings. The number of rotatable bonds is 8. The van der Waals surface area contributed by atoms with Crippen LogP contribution in [0.15, 0.2) is 53.4 Å². The molecule has 146 valence electrons. The summed E-state index contributed by atoms with van der Waals surface area (Å²) >= 11 is 6.56. The third kappa shape index (κ3) is 4.85. The van der Waals surface area contributed by atoms with Gasteiger partial charge in [0.2, 0.25) is 0 Å². The van der Waals surface area contributed by atoms with Gasteiger partial charge in [-0.1, -0.05) is 48.2 Å². The number of hydrogen-bond acceptors (Lipinski definition) is 6. The van der Waals surface area contributed by atoms with Crippen molar-refractivity contribution in [1.29, 1.82) is 0 Å². The summed E-state index contributed by atoms with van der Waals surface area (Å²) in [5.41, 5.74) is 0.925. The van der Waals surface area contributed by atoms with E-state index < -0.39 is 0 Å². The van der Waals surface area contributed by atoms with Gasteiger partial charge in [0.25, 0.3) is 5.91 Å². The average molecular weight is 416 g/mol. The van der Waals surface area contributed by atoms with Crippen LogP contribution in [0.1, 0.15) is 12.5 Å². The second-order valence-electron chi connectivity index (χ2n) is 5.84. The second kappa shape index (κ2) is 9.61. The summed E-state index contributed by atoms with van der Waals surface area (Å²) < 4.78 is 17.3. The summed E-state index contributed by atoms with van der Waals surface area (Å²) in [6, 6.07) is 15.1. The second-order valence-corrected chi connectivity index (χ2v) is 7.52. The van der Waals surface area contributed by atoms with E-state index in [1.165, 1.54) is 11.8 Å². The molecule has 1 aliphatic rings. The van der Waals surface area contributed by atoms with Crippen LogP contribution in [-0.2, 0) is 4.79 Å². The minimum absolute atomic E-state index is 0.0358. The Labute approximate surface area is 174 Å². The Kier molecular flexibility index (Phi) is 6.95. The van der Waals surface area contributed by atoms with Crippen LogP contribution in [0, 0.1) is 0 Å². The van der Waals surface area contributed by atoms with E-state index in [0.717, 1.165) is 11.3 Å². The summed E-state index contributed by atoms with van der Waals surface area (Å²) in [4.78, 5) is 14.5. The fourth-order valence-corrected chi connectivity index (χ4v) is 4.02. The fraction of sp³-hybridized carbons (Fsp3) is 0.238. The van der Waals surface area contributed by atoms with Crippen molar-refractivity contribution in [3.05, 3.63) is 59.0 Å². The van der Waals surface area contributed by atoms with Gasteiger partial charge < -0.3 is 14.2 Å². The lowest BCUT2D eigenvalue weighted by Crippen LogP contribution is -2.27. The molecule has 0 aliphatic carbocycles. The first kappa shape index (κ1) is 20.2. The van der Waals surface area contributed by atoms with Crippen molar-refractivity contribution in [3.63, 3.8) is 0 Å². The van der Waals surface area contributed by atoms with E-state index in [1.54, 1.807) is 12.0 Å². The van der Waals surface area contributed by atoms with Gasteiger partial charge in [-0.2, -0.15) is 0 Å². The molecule has 3 rings (SSSR count). The highest BCUT2D eigenvalue weighted by molar-refractivity contribution is 8.26. The lowest BCUT2D eigenvalue weighted by atomic mass is 10.2. The molecule has 1 saturated heterocycles. The minimum Gasteiger partial charge on any atom is -0.493 e. The molecule has 2 aromatic rings. The van der Waals surface area contributed by atoms with Gasteiger partial charge in [-0.05, 0) is 42.8 Å². The molecule has 0 aromatic heterocycles. The number of nitrogens with zero attached hydrogens (tertiary/aromatic N) is 1. The quantitative estimate of drug-likeness (QED) is 0.362. The van der Waals surface area contributed by atoms with Crippen LogP contribution >= 0.6 is 24.0 Å². The molecular weight excluding hydrogens is 394 g/mol. The predicted octanol–water partition coefficient (Wildman–Crippen LogP) is 4.37. The molecule has 5 nitrogen and oxygen atoms in total. The number of benzene rings is 2. The van der Waals surface area contributed by atoms with Gasteiger partial charge in [-0.25, -0.2) is 0 Å². The van der Waals surface area contributed by atoms with E-state index in [4.69, 9.17) is 26.4 Å². The first-order valence-electron chi connectivity index (χ1n) is 8.86. The van der Waals surface area contributed by atoms with Crippen molar-refractivity contribution in [2.75, 3.05) is 26.9 Å². The summed E-state index contributed by atoms with van der Waals surface area (Å²) in [5, 5.41) is 0. The van der Waals surface area contributed by atoms with Gasteiger partial charge in [0.15, 0.2) is 11.5 Å². The first-order chi connectivity index (χ1) is 13.6. The van der Waals surface area contributed by atoms with Gasteiger partial charge in [0, 0.05) is 6.54 Å². The van der Waals surface area contributed by atoms with Crippen LogP contribution in [0.3, 0.4) is 0 Å². The summed E-state index contributed by atoms with van der Waals surface area (Å²) in [7, 11) is 1.61. The van der Waals surface area contributed by atoms with Crippen molar-refractivity contribution < 1.29 is 19.0 Å². The SMILES string of the molecule is CCN1C(=O)C(=Cc2ccc(OCCOc3ccccc3OC)cc2)SC1=S. The lowest BCUT2D eigenvalue weighted by molar-refractivity contribution is -0.121. The number of methoxy groups -OCH3 is 1. The number of carbonyl (C=O) groups excluding carboxylic acids is 1. The highest BCUT2D eigenvalue weighted by atomic mass is 32.2. The summed E-state index contributed by atoms with van der Waals surface area (Å²) in [6.45, 7) is 3.32. The van der Waals surface area contributed by atoms with Crippen LogP contribution in [0.4, 0.5) is 0 Å². The zero-order valence-corrected chi connectivity index (χ0v) is 17.3. The van der Waals surface area contributed by atoms with Crippen LogP contribution in [0.25, 0.3) is 6.08 Å². The van der Waals surface area contributed by atoms with Crippen molar-refractivity contribution in [2.45, 2.75) is 6.92 Å². The van der Waals surface area contributed by atoms with Gasteiger partial charge in [-0.15, -0.1) is 0 Å². The molecule has 1 aliphatic heterocycles. The Hall–Kier alpha value is -2.51. The van der Waals surface area contributed by atoms with Crippen LogP contribution in [0.2, 0.25) is 0 Å². The van der Waals surface area contributed by atoms with Crippen molar-refractivity contribution >= 4 is 40.3 Å². The molecule has 0 radical (unpaired) electrons. The topological polar surface area (TPSA) is 48.0 Å². The molecule has 0 saturated carbocycles. The number of amides is 1. The van der Waals surface area contributed by atoms with E-state index in [9.17, 15) is 4.79 Å². The van der Waals surface area contributed by atoms with Crippen LogP contribution in [-0.4, -0.2) is 42.0 Å². The number of ether oxygens (including phenoxy) is 3. The molecule has 0 N–H and O–H groups in total. The van der Waals surface area contributed by atoms with Crippen molar-refractivity contribution in [3.8, 4) is 17.2 Å². The Morgan fingerprint density at radius 1 is 1.04 bits per heavy atom. The molecule has 1 amide bonds. The number of likely N-dealkylation sites (N-methyl/N-ethyl adjacent to an activating group) is 1. The fourth-order valence-electron chi connectivity index (χ4n) is 2.63. The smallest absolute Gasteiger partial charge is 0.266 e.